The summed E-state index contributed by atoms with van der Waals surface area (Å²) in [5, 5.41) is 13.9. The molecule has 6 heteroatoms. The second-order valence-electron chi connectivity index (χ2n) is 5.75. The number of nitrogens with zero attached hydrogens (tertiary/aromatic N) is 3. The van der Waals surface area contributed by atoms with Crippen LogP contribution in [0.25, 0.3) is 22.3 Å². The third-order valence-electron chi connectivity index (χ3n) is 3.97. The number of phenols is 1. The van der Waals surface area contributed by atoms with Crippen LogP contribution in [0, 0.1) is 5.82 Å². The lowest BCUT2D eigenvalue weighted by molar-refractivity contribution is 0.477. The first-order valence-corrected chi connectivity index (χ1v) is 8.10. The SMILES string of the molecule is Oc1ccccc1-c1nc(NCc2ccccn2)c2cc(F)ccc2n1. The van der Waals surface area contributed by atoms with Crippen molar-refractivity contribution in [3.63, 3.8) is 0 Å². The van der Waals surface area contributed by atoms with Gasteiger partial charge in [0, 0.05) is 11.6 Å². The average molecular weight is 346 g/mol. The molecule has 0 aliphatic heterocycles. The molecule has 0 atom stereocenters. The lowest BCUT2D eigenvalue weighted by Gasteiger charge is -2.11. The number of nitrogens with one attached hydrogen (secondary N) is 1. The smallest absolute Gasteiger partial charge is 0.165 e. The summed E-state index contributed by atoms with van der Waals surface area (Å²) in [6, 6.07) is 16.8. The fourth-order valence-electron chi connectivity index (χ4n) is 2.70. The minimum atomic E-state index is -0.364. The van der Waals surface area contributed by atoms with E-state index in [-0.39, 0.29) is 11.6 Å². The minimum Gasteiger partial charge on any atom is -0.507 e. The Bertz CT molecular complexity index is 1070. The molecule has 0 radical (unpaired) electrons. The van der Waals surface area contributed by atoms with Gasteiger partial charge >= 0.3 is 0 Å². The van der Waals surface area contributed by atoms with Crippen LogP contribution in [-0.4, -0.2) is 20.1 Å². The molecule has 4 rings (SSSR count). The Balaban J connectivity index is 1.81. The number of rotatable bonds is 4. The van der Waals surface area contributed by atoms with Crippen LogP contribution in [0.15, 0.2) is 66.9 Å². The number of para-hydroxylation sites is 1. The van der Waals surface area contributed by atoms with E-state index in [0.717, 1.165) is 5.69 Å². The van der Waals surface area contributed by atoms with Gasteiger partial charge in [0.05, 0.1) is 23.3 Å². The third kappa shape index (κ3) is 3.17. The van der Waals surface area contributed by atoms with E-state index in [1.54, 1.807) is 36.5 Å². The van der Waals surface area contributed by atoms with Crippen LogP contribution in [0.4, 0.5) is 10.2 Å². The van der Waals surface area contributed by atoms with Gasteiger partial charge in [-0.3, -0.25) is 4.98 Å². The van der Waals surface area contributed by atoms with E-state index in [0.29, 0.717) is 34.7 Å². The van der Waals surface area contributed by atoms with E-state index >= 15 is 0 Å². The summed E-state index contributed by atoms with van der Waals surface area (Å²) in [6.07, 6.45) is 1.71. The topological polar surface area (TPSA) is 70.9 Å². The van der Waals surface area contributed by atoms with E-state index in [1.807, 2.05) is 18.2 Å². The first kappa shape index (κ1) is 16.0. The van der Waals surface area contributed by atoms with Crippen molar-refractivity contribution in [3.8, 4) is 17.1 Å². The molecule has 0 spiro atoms. The Morgan fingerprint density at radius 2 is 1.81 bits per heavy atom. The van der Waals surface area contributed by atoms with E-state index in [4.69, 9.17) is 0 Å². The number of hydrogen-bond donors (Lipinski definition) is 2. The summed E-state index contributed by atoms with van der Waals surface area (Å²) < 4.78 is 13.7. The summed E-state index contributed by atoms with van der Waals surface area (Å²) in [6.45, 7) is 0.434. The maximum Gasteiger partial charge on any atom is 0.165 e. The molecule has 26 heavy (non-hydrogen) atoms. The van der Waals surface area contributed by atoms with Crippen molar-refractivity contribution < 1.29 is 9.50 Å². The van der Waals surface area contributed by atoms with Crippen LogP contribution in [0.5, 0.6) is 5.75 Å². The summed E-state index contributed by atoms with van der Waals surface area (Å²) in [5.74, 6) is 0.575. The molecular formula is C20H15FN4O. The normalized spacial score (nSPS) is 10.8. The van der Waals surface area contributed by atoms with Crippen molar-refractivity contribution in [1.82, 2.24) is 15.0 Å². The average Bonchev–Trinajstić information content (AvgIpc) is 2.67. The molecule has 0 bridgehead atoms. The molecule has 2 aromatic heterocycles. The van der Waals surface area contributed by atoms with Gasteiger partial charge in [-0.2, -0.15) is 0 Å². The number of hydrogen-bond acceptors (Lipinski definition) is 5. The molecule has 0 unspecified atom stereocenters. The second kappa shape index (κ2) is 6.76. The molecule has 0 aliphatic rings. The standard InChI is InChI=1S/C20H15FN4O/c21-13-8-9-17-16(11-13)19(23-12-14-5-3-4-10-22-14)25-20(24-17)15-6-1-2-7-18(15)26/h1-11,26H,12H2,(H,23,24,25). The monoisotopic (exact) mass is 346 g/mol. The Morgan fingerprint density at radius 1 is 0.962 bits per heavy atom. The van der Waals surface area contributed by atoms with Crippen LogP contribution in [-0.2, 0) is 6.54 Å². The van der Waals surface area contributed by atoms with E-state index in [2.05, 4.69) is 20.3 Å². The van der Waals surface area contributed by atoms with Gasteiger partial charge in [0.25, 0.3) is 0 Å². The van der Waals surface area contributed by atoms with Gasteiger partial charge in [0.2, 0.25) is 0 Å². The van der Waals surface area contributed by atoms with Gasteiger partial charge in [0.1, 0.15) is 17.4 Å². The van der Waals surface area contributed by atoms with Crippen molar-refractivity contribution in [2.24, 2.45) is 0 Å². The Hall–Kier alpha value is -3.54. The Labute approximate surface area is 149 Å². The summed E-state index contributed by atoms with van der Waals surface area (Å²) in [7, 11) is 0. The van der Waals surface area contributed by atoms with Crippen LogP contribution in [0.3, 0.4) is 0 Å². The van der Waals surface area contributed by atoms with Crippen molar-refractivity contribution >= 4 is 16.7 Å². The first-order chi connectivity index (χ1) is 12.7. The number of fused-ring (bicyclic) bond motifs is 1. The van der Waals surface area contributed by atoms with E-state index in [1.165, 1.54) is 12.1 Å². The van der Waals surface area contributed by atoms with E-state index < -0.39 is 0 Å². The predicted octanol–water partition coefficient (Wildman–Crippen LogP) is 4.15. The molecule has 5 nitrogen and oxygen atoms in total. The highest BCUT2D eigenvalue weighted by atomic mass is 19.1. The van der Waals surface area contributed by atoms with Gasteiger partial charge in [-0.05, 0) is 42.5 Å². The summed E-state index contributed by atoms with van der Waals surface area (Å²) >= 11 is 0. The lowest BCUT2D eigenvalue weighted by Crippen LogP contribution is -2.05. The molecule has 0 saturated heterocycles. The molecule has 4 aromatic rings. The van der Waals surface area contributed by atoms with Crippen molar-refractivity contribution in [1.29, 1.82) is 0 Å². The van der Waals surface area contributed by atoms with E-state index in [9.17, 15) is 9.50 Å². The minimum absolute atomic E-state index is 0.0876. The molecule has 0 amide bonds. The van der Waals surface area contributed by atoms with Crippen LogP contribution in [0.1, 0.15) is 5.69 Å². The fraction of sp³-hybridized carbons (Fsp3) is 0.0500. The highest BCUT2D eigenvalue weighted by molar-refractivity contribution is 5.91. The number of anilines is 1. The van der Waals surface area contributed by atoms with Gasteiger partial charge in [0.15, 0.2) is 5.82 Å². The summed E-state index contributed by atoms with van der Waals surface area (Å²) in [4.78, 5) is 13.2. The van der Waals surface area contributed by atoms with Crippen molar-refractivity contribution in [3.05, 3.63) is 78.4 Å². The zero-order chi connectivity index (χ0) is 17.9. The highest BCUT2D eigenvalue weighted by Gasteiger charge is 2.13. The maximum atomic E-state index is 13.7. The van der Waals surface area contributed by atoms with Crippen LogP contribution >= 0.6 is 0 Å². The van der Waals surface area contributed by atoms with Gasteiger partial charge in [-0.15, -0.1) is 0 Å². The Morgan fingerprint density at radius 3 is 2.62 bits per heavy atom. The third-order valence-corrected chi connectivity index (χ3v) is 3.97. The largest absolute Gasteiger partial charge is 0.507 e. The zero-order valence-corrected chi connectivity index (χ0v) is 13.7. The van der Waals surface area contributed by atoms with Crippen LogP contribution in [0.2, 0.25) is 0 Å². The van der Waals surface area contributed by atoms with Crippen LogP contribution < -0.4 is 5.32 Å². The molecule has 0 aliphatic carbocycles. The summed E-state index contributed by atoms with van der Waals surface area (Å²) in [5.41, 5.74) is 1.93. The first-order valence-electron chi connectivity index (χ1n) is 8.10. The molecule has 0 saturated carbocycles. The zero-order valence-electron chi connectivity index (χ0n) is 13.7. The predicted molar refractivity (Wildman–Crippen MR) is 98.2 cm³/mol. The second-order valence-corrected chi connectivity index (χ2v) is 5.75. The quantitative estimate of drug-likeness (QED) is 0.581. The molecule has 2 aromatic carbocycles. The molecule has 0 fully saturated rings. The number of phenolic OH excluding ortho intramolecular Hbond substituents is 1. The Kier molecular flexibility index (Phi) is 4.15. The number of pyridine rings is 1. The van der Waals surface area contributed by atoms with Gasteiger partial charge < -0.3 is 10.4 Å². The number of aromatic nitrogens is 3. The fourth-order valence-corrected chi connectivity index (χ4v) is 2.70. The van der Waals surface area contributed by atoms with Gasteiger partial charge in [-0.25, -0.2) is 14.4 Å². The number of aromatic hydroxyl groups is 1. The van der Waals surface area contributed by atoms with Gasteiger partial charge in [-0.1, -0.05) is 18.2 Å². The lowest BCUT2D eigenvalue weighted by atomic mass is 10.1. The molecule has 2 heterocycles. The highest BCUT2D eigenvalue weighted by Crippen LogP contribution is 2.30. The maximum absolute atomic E-state index is 13.7. The molecule has 128 valence electrons. The number of halogens is 1. The van der Waals surface area contributed by atoms with Crippen molar-refractivity contribution in [2.75, 3.05) is 5.32 Å². The number of benzene rings is 2. The molecular weight excluding hydrogens is 331 g/mol. The molecule has 2 N–H and O–H groups in total. The van der Waals surface area contributed by atoms with Crippen molar-refractivity contribution in [2.45, 2.75) is 6.54 Å².